The summed E-state index contributed by atoms with van der Waals surface area (Å²) in [6.45, 7) is 1.54. The van der Waals surface area contributed by atoms with Crippen LogP contribution in [0.15, 0.2) is 12.4 Å². The molecule has 1 aliphatic carbocycles. The molecule has 1 aromatic rings. The molecule has 1 saturated carbocycles. The fourth-order valence-corrected chi connectivity index (χ4v) is 1.87. The van der Waals surface area contributed by atoms with Crippen LogP contribution in [0.2, 0.25) is 0 Å². The zero-order valence-electron chi connectivity index (χ0n) is 8.35. The summed E-state index contributed by atoms with van der Waals surface area (Å²) < 4.78 is 7.54. The Bertz CT molecular complexity index is 279. The van der Waals surface area contributed by atoms with Gasteiger partial charge in [0, 0.05) is 6.20 Å². The third-order valence-electron chi connectivity index (χ3n) is 2.63. The highest BCUT2D eigenvalue weighted by Gasteiger charge is 2.14. The smallest absolute Gasteiger partial charge is 0.0719 e. The molecule has 4 heteroatoms. The first-order valence-corrected chi connectivity index (χ1v) is 5.24. The molecule has 0 radical (unpaired) electrons. The molecule has 0 unspecified atom stereocenters. The van der Waals surface area contributed by atoms with Crippen LogP contribution in [0.4, 0.5) is 5.69 Å². The van der Waals surface area contributed by atoms with Gasteiger partial charge in [0.25, 0.3) is 0 Å². The molecule has 0 aliphatic heterocycles. The van der Waals surface area contributed by atoms with Gasteiger partial charge in [-0.1, -0.05) is 12.8 Å². The highest BCUT2D eigenvalue weighted by Crippen LogP contribution is 2.20. The molecule has 0 bridgehead atoms. The van der Waals surface area contributed by atoms with Crippen LogP contribution in [0, 0.1) is 0 Å². The summed E-state index contributed by atoms with van der Waals surface area (Å²) in [4.78, 5) is 0. The third-order valence-corrected chi connectivity index (χ3v) is 2.63. The minimum atomic E-state index is 0.489. The molecule has 1 aromatic heterocycles. The van der Waals surface area contributed by atoms with Gasteiger partial charge in [-0.25, -0.2) is 0 Å². The van der Waals surface area contributed by atoms with E-state index in [1.807, 2.05) is 10.9 Å². The van der Waals surface area contributed by atoms with E-state index in [0.717, 1.165) is 13.2 Å². The molecule has 0 amide bonds. The van der Waals surface area contributed by atoms with Crippen LogP contribution in [-0.2, 0) is 11.3 Å². The Balaban J connectivity index is 1.67. The lowest BCUT2D eigenvalue weighted by Crippen LogP contribution is -2.13. The largest absolute Gasteiger partial charge is 0.396 e. The molecule has 0 spiro atoms. The van der Waals surface area contributed by atoms with Crippen molar-refractivity contribution in [3.8, 4) is 0 Å². The minimum Gasteiger partial charge on any atom is -0.396 e. The van der Waals surface area contributed by atoms with E-state index in [1.165, 1.54) is 25.7 Å². The molecule has 0 saturated heterocycles. The zero-order chi connectivity index (χ0) is 9.80. The van der Waals surface area contributed by atoms with Crippen LogP contribution in [0.3, 0.4) is 0 Å². The summed E-state index contributed by atoms with van der Waals surface area (Å²) in [5.41, 5.74) is 6.26. The average molecular weight is 195 g/mol. The molecule has 78 valence electrons. The number of hydrogen-bond acceptors (Lipinski definition) is 3. The van der Waals surface area contributed by atoms with E-state index >= 15 is 0 Å². The van der Waals surface area contributed by atoms with Crippen molar-refractivity contribution >= 4 is 5.69 Å². The fourth-order valence-electron chi connectivity index (χ4n) is 1.87. The molecule has 1 heterocycles. The standard InChI is InChI=1S/C10H17N3O/c11-9-7-12-13(8-9)5-6-14-10-3-1-2-4-10/h7-8,10H,1-6,11H2. The predicted octanol–water partition coefficient (Wildman–Crippen LogP) is 1.42. The molecule has 1 aliphatic rings. The van der Waals surface area contributed by atoms with Gasteiger partial charge < -0.3 is 10.5 Å². The molecule has 0 atom stereocenters. The Morgan fingerprint density at radius 3 is 2.93 bits per heavy atom. The van der Waals surface area contributed by atoms with Gasteiger partial charge in [-0.15, -0.1) is 0 Å². The van der Waals surface area contributed by atoms with Gasteiger partial charge in [-0.3, -0.25) is 4.68 Å². The summed E-state index contributed by atoms with van der Waals surface area (Å²) in [6.07, 6.45) is 9.07. The monoisotopic (exact) mass is 195 g/mol. The van der Waals surface area contributed by atoms with Crippen molar-refractivity contribution in [3.05, 3.63) is 12.4 Å². The molecular weight excluding hydrogens is 178 g/mol. The number of aromatic nitrogens is 2. The van der Waals surface area contributed by atoms with E-state index in [2.05, 4.69) is 5.10 Å². The van der Waals surface area contributed by atoms with Crippen LogP contribution in [0.25, 0.3) is 0 Å². The Hall–Kier alpha value is -1.03. The van der Waals surface area contributed by atoms with Crippen molar-refractivity contribution in [2.45, 2.75) is 38.3 Å². The molecule has 2 rings (SSSR count). The van der Waals surface area contributed by atoms with Gasteiger partial charge in [0.1, 0.15) is 0 Å². The lowest BCUT2D eigenvalue weighted by atomic mass is 10.3. The van der Waals surface area contributed by atoms with Crippen molar-refractivity contribution in [2.75, 3.05) is 12.3 Å². The number of nitrogens with two attached hydrogens (primary N) is 1. The number of nitrogen functional groups attached to an aromatic ring is 1. The van der Waals surface area contributed by atoms with E-state index in [4.69, 9.17) is 10.5 Å². The van der Waals surface area contributed by atoms with Gasteiger partial charge in [0.05, 0.1) is 31.1 Å². The van der Waals surface area contributed by atoms with Crippen molar-refractivity contribution < 1.29 is 4.74 Å². The number of rotatable bonds is 4. The maximum Gasteiger partial charge on any atom is 0.0719 e. The lowest BCUT2D eigenvalue weighted by Gasteiger charge is -2.10. The third kappa shape index (κ3) is 2.48. The van der Waals surface area contributed by atoms with E-state index in [0.29, 0.717) is 11.8 Å². The Morgan fingerprint density at radius 2 is 2.29 bits per heavy atom. The normalized spacial score (nSPS) is 17.7. The van der Waals surface area contributed by atoms with Crippen molar-refractivity contribution in [1.82, 2.24) is 9.78 Å². The van der Waals surface area contributed by atoms with E-state index < -0.39 is 0 Å². The van der Waals surface area contributed by atoms with Crippen molar-refractivity contribution in [2.24, 2.45) is 0 Å². The summed E-state index contributed by atoms with van der Waals surface area (Å²) >= 11 is 0. The topological polar surface area (TPSA) is 53.1 Å². The Kier molecular flexibility index (Phi) is 3.03. The first-order valence-electron chi connectivity index (χ1n) is 5.24. The molecular formula is C10H17N3O. The number of ether oxygens (including phenoxy) is 1. The molecule has 2 N–H and O–H groups in total. The summed E-state index contributed by atoms with van der Waals surface area (Å²) in [5.74, 6) is 0. The maximum atomic E-state index is 5.71. The van der Waals surface area contributed by atoms with Crippen LogP contribution in [0.1, 0.15) is 25.7 Å². The van der Waals surface area contributed by atoms with Crippen LogP contribution in [0.5, 0.6) is 0 Å². The van der Waals surface area contributed by atoms with Crippen molar-refractivity contribution in [1.29, 1.82) is 0 Å². The number of hydrogen-bond donors (Lipinski definition) is 1. The zero-order valence-corrected chi connectivity index (χ0v) is 8.35. The Morgan fingerprint density at radius 1 is 1.50 bits per heavy atom. The van der Waals surface area contributed by atoms with Gasteiger partial charge >= 0.3 is 0 Å². The molecule has 14 heavy (non-hydrogen) atoms. The number of nitrogens with zero attached hydrogens (tertiary/aromatic N) is 2. The Labute approximate surface area is 84.0 Å². The summed E-state index contributed by atoms with van der Waals surface area (Å²) in [7, 11) is 0. The van der Waals surface area contributed by atoms with E-state index in [-0.39, 0.29) is 0 Å². The number of anilines is 1. The molecule has 0 aromatic carbocycles. The summed E-state index contributed by atoms with van der Waals surface area (Å²) in [5, 5.41) is 4.09. The van der Waals surface area contributed by atoms with Gasteiger partial charge in [-0.2, -0.15) is 5.10 Å². The SMILES string of the molecule is Nc1cnn(CCOC2CCCC2)c1. The van der Waals surface area contributed by atoms with Crippen molar-refractivity contribution in [3.63, 3.8) is 0 Å². The highest BCUT2D eigenvalue weighted by molar-refractivity contribution is 5.30. The first-order chi connectivity index (χ1) is 6.84. The first kappa shape index (κ1) is 9.52. The molecule has 1 fully saturated rings. The van der Waals surface area contributed by atoms with Crippen LogP contribution >= 0.6 is 0 Å². The second-order valence-corrected chi connectivity index (χ2v) is 3.81. The minimum absolute atomic E-state index is 0.489. The highest BCUT2D eigenvalue weighted by atomic mass is 16.5. The predicted molar refractivity (Wildman–Crippen MR) is 54.8 cm³/mol. The van der Waals surface area contributed by atoms with Crippen LogP contribution in [-0.4, -0.2) is 22.5 Å². The van der Waals surface area contributed by atoms with Gasteiger partial charge in [0.15, 0.2) is 0 Å². The van der Waals surface area contributed by atoms with Gasteiger partial charge in [-0.05, 0) is 12.8 Å². The van der Waals surface area contributed by atoms with Crippen LogP contribution < -0.4 is 5.73 Å². The maximum absolute atomic E-state index is 5.71. The van der Waals surface area contributed by atoms with E-state index in [9.17, 15) is 0 Å². The van der Waals surface area contributed by atoms with Gasteiger partial charge in [0.2, 0.25) is 0 Å². The second-order valence-electron chi connectivity index (χ2n) is 3.81. The summed E-state index contributed by atoms with van der Waals surface area (Å²) in [6, 6.07) is 0. The lowest BCUT2D eigenvalue weighted by molar-refractivity contribution is 0.0514. The molecule has 4 nitrogen and oxygen atoms in total. The quantitative estimate of drug-likeness (QED) is 0.790. The second kappa shape index (κ2) is 4.46. The van der Waals surface area contributed by atoms with E-state index in [1.54, 1.807) is 6.20 Å². The fraction of sp³-hybridized carbons (Fsp3) is 0.700. The average Bonchev–Trinajstić information content (AvgIpc) is 2.77.